The fourth-order valence-corrected chi connectivity index (χ4v) is 1.75. The van der Waals surface area contributed by atoms with Gasteiger partial charge in [-0.2, -0.15) is 13.2 Å². The predicted octanol–water partition coefficient (Wildman–Crippen LogP) is 2.62. The van der Waals surface area contributed by atoms with E-state index in [1.54, 1.807) is 18.9 Å². The summed E-state index contributed by atoms with van der Waals surface area (Å²) in [6, 6.07) is -0.0827. The van der Waals surface area contributed by atoms with E-state index >= 15 is 0 Å². The van der Waals surface area contributed by atoms with Crippen LogP contribution in [0.15, 0.2) is 0 Å². The van der Waals surface area contributed by atoms with Gasteiger partial charge in [0.15, 0.2) is 0 Å². The molecule has 0 aromatic carbocycles. The topological polar surface area (TPSA) is 29.0 Å². The molecule has 0 aliphatic carbocycles. The minimum absolute atomic E-state index is 0.0827. The Labute approximate surface area is 93.9 Å². The Kier molecular flexibility index (Phi) is 3.77. The van der Waals surface area contributed by atoms with Crippen molar-refractivity contribution in [2.24, 2.45) is 0 Å². The maximum atomic E-state index is 12.2. The minimum Gasteiger partial charge on any atom is -0.346 e. The Morgan fingerprint density at radius 2 is 2.07 bits per heavy atom. The number of aromatic nitrogens is 2. The van der Waals surface area contributed by atoms with E-state index in [-0.39, 0.29) is 11.2 Å². The Balaban J connectivity index is 2.85. The molecule has 0 bridgehead atoms. The van der Waals surface area contributed by atoms with Gasteiger partial charge in [0, 0.05) is 19.0 Å². The number of anilines is 1. The molecule has 0 saturated carbocycles. The standard InChI is InChI=1S/C7H9ClF3N3S/c1-4(3-8)14(2)6-13-12-5(15-6)7(9,10)11/h4H,3H2,1-2H3. The van der Waals surface area contributed by atoms with Gasteiger partial charge >= 0.3 is 6.18 Å². The molecule has 0 radical (unpaired) electrons. The second-order valence-electron chi connectivity index (χ2n) is 3.00. The van der Waals surface area contributed by atoms with E-state index in [1.165, 1.54) is 0 Å². The maximum absolute atomic E-state index is 12.2. The van der Waals surface area contributed by atoms with E-state index in [2.05, 4.69) is 10.2 Å². The highest BCUT2D eigenvalue weighted by Gasteiger charge is 2.36. The molecule has 15 heavy (non-hydrogen) atoms. The van der Waals surface area contributed by atoms with Crippen molar-refractivity contribution < 1.29 is 13.2 Å². The zero-order valence-corrected chi connectivity index (χ0v) is 9.62. The summed E-state index contributed by atoms with van der Waals surface area (Å²) in [4.78, 5) is 1.57. The van der Waals surface area contributed by atoms with Crippen molar-refractivity contribution in [3.63, 3.8) is 0 Å². The summed E-state index contributed by atoms with van der Waals surface area (Å²) in [6.45, 7) is 1.79. The minimum atomic E-state index is -4.43. The predicted molar refractivity (Wildman–Crippen MR) is 53.5 cm³/mol. The Morgan fingerprint density at radius 1 is 1.47 bits per heavy atom. The summed E-state index contributed by atoms with van der Waals surface area (Å²) in [7, 11) is 1.63. The van der Waals surface area contributed by atoms with Crippen molar-refractivity contribution in [3.8, 4) is 0 Å². The van der Waals surface area contributed by atoms with Crippen LogP contribution in [0, 0.1) is 0 Å². The lowest BCUT2D eigenvalue weighted by atomic mass is 10.4. The molecule has 0 aliphatic heterocycles. The molecule has 3 nitrogen and oxygen atoms in total. The van der Waals surface area contributed by atoms with Gasteiger partial charge in [0.2, 0.25) is 10.1 Å². The smallest absolute Gasteiger partial charge is 0.346 e. The lowest BCUT2D eigenvalue weighted by Gasteiger charge is -2.21. The number of rotatable bonds is 3. The molecule has 0 aliphatic rings. The second kappa shape index (κ2) is 4.52. The normalized spacial score (nSPS) is 14.0. The molecular formula is C7H9ClF3N3S. The molecule has 1 aromatic rings. The summed E-state index contributed by atoms with van der Waals surface area (Å²) < 4.78 is 36.6. The third-order valence-corrected chi connectivity index (χ3v) is 3.35. The van der Waals surface area contributed by atoms with Gasteiger partial charge in [-0.25, -0.2) is 0 Å². The van der Waals surface area contributed by atoms with Crippen LogP contribution < -0.4 is 4.90 Å². The first kappa shape index (κ1) is 12.5. The van der Waals surface area contributed by atoms with Crippen LogP contribution in [-0.4, -0.2) is 29.2 Å². The summed E-state index contributed by atoms with van der Waals surface area (Å²) in [6.07, 6.45) is -4.43. The molecule has 8 heteroatoms. The van der Waals surface area contributed by atoms with Crippen LogP contribution in [0.4, 0.5) is 18.3 Å². The molecular weight excluding hydrogens is 251 g/mol. The molecule has 0 spiro atoms. The highest BCUT2D eigenvalue weighted by atomic mass is 35.5. The Bertz CT molecular complexity index is 328. The van der Waals surface area contributed by atoms with Gasteiger partial charge in [0.1, 0.15) is 0 Å². The van der Waals surface area contributed by atoms with Crippen LogP contribution in [0.25, 0.3) is 0 Å². The van der Waals surface area contributed by atoms with E-state index in [1.807, 2.05) is 0 Å². The molecule has 1 heterocycles. The van der Waals surface area contributed by atoms with Crippen molar-refractivity contribution >= 4 is 28.1 Å². The van der Waals surface area contributed by atoms with Crippen molar-refractivity contribution in [1.29, 1.82) is 0 Å². The molecule has 1 aromatic heterocycles. The monoisotopic (exact) mass is 259 g/mol. The summed E-state index contributed by atoms with van der Waals surface area (Å²) >= 11 is 6.10. The maximum Gasteiger partial charge on any atom is 0.445 e. The quantitative estimate of drug-likeness (QED) is 0.782. The number of halogens is 4. The SMILES string of the molecule is CC(CCl)N(C)c1nnc(C(F)(F)F)s1. The van der Waals surface area contributed by atoms with Gasteiger partial charge < -0.3 is 4.90 Å². The zero-order valence-electron chi connectivity index (χ0n) is 8.05. The average Bonchev–Trinajstić information content (AvgIpc) is 2.63. The first-order valence-electron chi connectivity index (χ1n) is 4.05. The first-order valence-corrected chi connectivity index (χ1v) is 5.41. The van der Waals surface area contributed by atoms with Crippen LogP contribution in [0.5, 0.6) is 0 Å². The Hall–Kier alpha value is -0.560. The Morgan fingerprint density at radius 3 is 2.47 bits per heavy atom. The molecule has 1 atom stereocenters. The highest BCUT2D eigenvalue weighted by molar-refractivity contribution is 7.15. The van der Waals surface area contributed by atoms with E-state index in [4.69, 9.17) is 11.6 Å². The highest BCUT2D eigenvalue weighted by Crippen LogP contribution is 2.34. The molecule has 0 fully saturated rings. The van der Waals surface area contributed by atoms with E-state index in [0.717, 1.165) is 0 Å². The van der Waals surface area contributed by atoms with Gasteiger partial charge in [0.05, 0.1) is 0 Å². The van der Waals surface area contributed by atoms with E-state index in [9.17, 15) is 13.2 Å². The van der Waals surface area contributed by atoms with Gasteiger partial charge in [-0.3, -0.25) is 0 Å². The zero-order chi connectivity index (χ0) is 11.6. The van der Waals surface area contributed by atoms with Crippen molar-refractivity contribution in [1.82, 2.24) is 10.2 Å². The lowest BCUT2D eigenvalue weighted by molar-refractivity contribution is -0.138. The van der Waals surface area contributed by atoms with Crippen LogP contribution in [0.2, 0.25) is 0 Å². The molecule has 1 rings (SSSR count). The largest absolute Gasteiger partial charge is 0.445 e. The van der Waals surface area contributed by atoms with Crippen LogP contribution >= 0.6 is 22.9 Å². The first-order chi connectivity index (χ1) is 6.86. The van der Waals surface area contributed by atoms with E-state index < -0.39 is 11.2 Å². The lowest BCUT2D eigenvalue weighted by Crippen LogP contribution is -2.29. The fraction of sp³-hybridized carbons (Fsp3) is 0.714. The van der Waals surface area contributed by atoms with Crippen molar-refractivity contribution in [3.05, 3.63) is 5.01 Å². The summed E-state index contributed by atoms with van der Waals surface area (Å²) in [5.41, 5.74) is 0. The van der Waals surface area contributed by atoms with Gasteiger partial charge in [-0.1, -0.05) is 11.3 Å². The molecule has 1 unspecified atom stereocenters. The fourth-order valence-electron chi connectivity index (χ4n) is 0.765. The summed E-state index contributed by atoms with van der Waals surface area (Å²) in [5, 5.41) is 5.83. The number of hydrogen-bond acceptors (Lipinski definition) is 4. The van der Waals surface area contributed by atoms with Crippen molar-refractivity contribution in [2.45, 2.75) is 19.1 Å². The average molecular weight is 260 g/mol. The third kappa shape index (κ3) is 2.94. The van der Waals surface area contributed by atoms with Crippen LogP contribution in [-0.2, 0) is 6.18 Å². The number of hydrogen-bond donors (Lipinski definition) is 0. The van der Waals surface area contributed by atoms with Gasteiger partial charge in [-0.05, 0) is 6.92 Å². The van der Waals surface area contributed by atoms with Gasteiger partial charge in [0.25, 0.3) is 0 Å². The van der Waals surface area contributed by atoms with Crippen LogP contribution in [0.1, 0.15) is 11.9 Å². The number of alkyl halides is 4. The van der Waals surface area contributed by atoms with Gasteiger partial charge in [-0.15, -0.1) is 21.8 Å². The van der Waals surface area contributed by atoms with E-state index in [0.29, 0.717) is 17.2 Å². The molecule has 0 N–H and O–H groups in total. The summed E-state index contributed by atoms with van der Waals surface area (Å²) in [5.74, 6) is 0.317. The molecule has 86 valence electrons. The molecule has 0 saturated heterocycles. The van der Waals surface area contributed by atoms with Crippen molar-refractivity contribution in [2.75, 3.05) is 17.8 Å². The number of nitrogens with zero attached hydrogens (tertiary/aromatic N) is 3. The molecule has 0 amide bonds. The van der Waals surface area contributed by atoms with Crippen LogP contribution in [0.3, 0.4) is 0 Å². The second-order valence-corrected chi connectivity index (χ2v) is 4.27. The third-order valence-electron chi connectivity index (χ3n) is 1.84.